The number of halogens is 1. The summed E-state index contributed by atoms with van der Waals surface area (Å²) in [5.41, 5.74) is 4.34. The van der Waals surface area contributed by atoms with Crippen LogP contribution in [0.2, 0.25) is 5.15 Å². The van der Waals surface area contributed by atoms with Crippen molar-refractivity contribution in [3.05, 3.63) is 75.9 Å². The Hall–Kier alpha value is -3.71. The van der Waals surface area contributed by atoms with Crippen LogP contribution in [-0.2, 0) is 0 Å². The number of fused-ring (bicyclic) bond motifs is 1. The van der Waals surface area contributed by atoms with E-state index in [9.17, 15) is 4.79 Å². The Bertz CT molecular complexity index is 1430. The van der Waals surface area contributed by atoms with Crippen molar-refractivity contribution < 1.29 is 4.42 Å². The van der Waals surface area contributed by atoms with Crippen LogP contribution in [0, 0.1) is 13.8 Å². The SMILES string of the molecule is Cc1cc(-c2cc3c(=O)c(-c4cnc[nH]4)c[nH]c3nc2-c2ccc(C)o2)cc(Cl)n1. The minimum Gasteiger partial charge on any atom is -0.460 e. The summed E-state index contributed by atoms with van der Waals surface area (Å²) in [5.74, 6) is 1.37. The van der Waals surface area contributed by atoms with Gasteiger partial charge >= 0.3 is 0 Å². The molecule has 0 radical (unpaired) electrons. The zero-order valence-electron chi connectivity index (χ0n) is 16.2. The zero-order chi connectivity index (χ0) is 20.8. The van der Waals surface area contributed by atoms with Gasteiger partial charge in [0.15, 0.2) is 11.2 Å². The summed E-state index contributed by atoms with van der Waals surface area (Å²) in [4.78, 5) is 32.3. The van der Waals surface area contributed by atoms with Crippen LogP contribution >= 0.6 is 11.6 Å². The number of pyridine rings is 3. The number of nitrogens with zero attached hydrogens (tertiary/aromatic N) is 3. The molecule has 0 atom stereocenters. The molecule has 0 bridgehead atoms. The van der Waals surface area contributed by atoms with Gasteiger partial charge in [-0.3, -0.25) is 4.79 Å². The van der Waals surface area contributed by atoms with Crippen LogP contribution in [0.5, 0.6) is 0 Å². The molecule has 30 heavy (non-hydrogen) atoms. The van der Waals surface area contributed by atoms with Crippen molar-refractivity contribution in [2.24, 2.45) is 0 Å². The van der Waals surface area contributed by atoms with Crippen molar-refractivity contribution in [2.45, 2.75) is 13.8 Å². The average Bonchev–Trinajstić information content (AvgIpc) is 3.39. The van der Waals surface area contributed by atoms with Crippen LogP contribution in [-0.4, -0.2) is 24.9 Å². The van der Waals surface area contributed by atoms with Crippen LogP contribution in [0.3, 0.4) is 0 Å². The number of nitrogens with one attached hydrogen (secondary N) is 2. The fourth-order valence-corrected chi connectivity index (χ4v) is 3.75. The second-order valence-electron chi connectivity index (χ2n) is 7.01. The fourth-order valence-electron chi connectivity index (χ4n) is 3.50. The summed E-state index contributed by atoms with van der Waals surface area (Å²) in [5, 5.41) is 0.821. The molecule has 0 unspecified atom stereocenters. The van der Waals surface area contributed by atoms with Gasteiger partial charge in [-0.1, -0.05) is 11.6 Å². The van der Waals surface area contributed by atoms with Gasteiger partial charge in [-0.05, 0) is 49.7 Å². The maximum absolute atomic E-state index is 13.2. The molecule has 0 aliphatic heterocycles. The lowest BCUT2D eigenvalue weighted by Gasteiger charge is -2.11. The third-order valence-corrected chi connectivity index (χ3v) is 5.05. The number of H-pyrrole nitrogens is 2. The van der Waals surface area contributed by atoms with E-state index >= 15 is 0 Å². The van der Waals surface area contributed by atoms with Gasteiger partial charge in [-0.2, -0.15) is 0 Å². The van der Waals surface area contributed by atoms with Crippen LogP contribution in [0.25, 0.3) is 44.9 Å². The van der Waals surface area contributed by atoms with E-state index in [0.29, 0.717) is 38.9 Å². The molecule has 8 heteroatoms. The van der Waals surface area contributed by atoms with Crippen molar-refractivity contribution in [1.82, 2.24) is 24.9 Å². The van der Waals surface area contributed by atoms with E-state index in [1.54, 1.807) is 18.5 Å². The minimum absolute atomic E-state index is 0.152. The molecule has 148 valence electrons. The molecule has 2 N–H and O–H groups in total. The second kappa shape index (κ2) is 6.96. The number of rotatable bonds is 3. The number of hydrogen-bond donors (Lipinski definition) is 2. The molecule has 0 spiro atoms. The highest BCUT2D eigenvalue weighted by Gasteiger charge is 2.18. The Morgan fingerprint density at radius 3 is 2.60 bits per heavy atom. The van der Waals surface area contributed by atoms with Gasteiger partial charge < -0.3 is 14.4 Å². The van der Waals surface area contributed by atoms with Gasteiger partial charge in [0.25, 0.3) is 0 Å². The number of hydrogen-bond acceptors (Lipinski definition) is 5. The predicted molar refractivity (Wildman–Crippen MR) is 115 cm³/mol. The first-order valence-corrected chi connectivity index (χ1v) is 9.64. The molecule has 7 nitrogen and oxygen atoms in total. The fraction of sp³-hybridized carbons (Fsp3) is 0.0909. The maximum atomic E-state index is 13.2. The van der Waals surface area contributed by atoms with Crippen LogP contribution in [0.1, 0.15) is 11.5 Å². The Balaban J connectivity index is 1.84. The van der Waals surface area contributed by atoms with Gasteiger partial charge in [0, 0.05) is 17.5 Å². The number of aromatic nitrogens is 5. The molecule has 0 aromatic carbocycles. The molecule has 0 aliphatic carbocycles. The molecule has 5 aromatic rings. The molecular weight excluding hydrogens is 402 g/mol. The number of furan rings is 1. The molecule has 0 amide bonds. The zero-order valence-corrected chi connectivity index (χ0v) is 16.9. The first-order valence-electron chi connectivity index (χ1n) is 9.26. The highest BCUT2D eigenvalue weighted by Crippen LogP contribution is 2.34. The summed E-state index contributed by atoms with van der Waals surface area (Å²) < 4.78 is 5.84. The van der Waals surface area contributed by atoms with Gasteiger partial charge in [0.05, 0.1) is 29.2 Å². The maximum Gasteiger partial charge on any atom is 0.200 e. The van der Waals surface area contributed by atoms with E-state index < -0.39 is 0 Å². The summed E-state index contributed by atoms with van der Waals surface area (Å²) in [6.45, 7) is 3.74. The topological polar surface area (TPSA) is 100 Å². The third-order valence-electron chi connectivity index (χ3n) is 4.86. The molecule has 0 saturated heterocycles. The molecular formula is C22H16ClN5O2. The highest BCUT2D eigenvalue weighted by molar-refractivity contribution is 6.29. The molecule has 5 aromatic heterocycles. The molecule has 0 saturated carbocycles. The van der Waals surface area contributed by atoms with Gasteiger partial charge in [-0.25, -0.2) is 15.0 Å². The number of imidazole rings is 1. The van der Waals surface area contributed by atoms with E-state index in [4.69, 9.17) is 21.0 Å². The van der Waals surface area contributed by atoms with E-state index in [1.807, 2.05) is 38.1 Å². The predicted octanol–water partition coefficient (Wildman–Crippen LogP) is 4.91. The van der Waals surface area contributed by atoms with Crippen molar-refractivity contribution in [2.75, 3.05) is 0 Å². The minimum atomic E-state index is -0.152. The van der Waals surface area contributed by atoms with E-state index in [0.717, 1.165) is 22.6 Å². The normalized spacial score (nSPS) is 11.3. The quantitative estimate of drug-likeness (QED) is 0.406. The van der Waals surface area contributed by atoms with E-state index in [-0.39, 0.29) is 5.43 Å². The monoisotopic (exact) mass is 417 g/mol. The van der Waals surface area contributed by atoms with E-state index in [2.05, 4.69) is 19.9 Å². The number of aryl methyl sites for hydroxylation is 2. The lowest BCUT2D eigenvalue weighted by Crippen LogP contribution is -2.08. The standard InChI is InChI=1S/C22H16ClN5O2/c1-11-5-13(6-19(23)27-11)14-7-15-21(29)16(17-9-24-10-26-17)8-25-22(15)28-20(14)18-4-3-12(2)30-18/h3-10H,1-2H3,(H,24,26)(H,25,28,29). The van der Waals surface area contributed by atoms with Crippen LogP contribution in [0.4, 0.5) is 0 Å². The molecule has 0 fully saturated rings. The number of aromatic amines is 2. The largest absolute Gasteiger partial charge is 0.460 e. The molecule has 5 heterocycles. The van der Waals surface area contributed by atoms with Gasteiger partial charge in [-0.15, -0.1) is 0 Å². The summed E-state index contributed by atoms with van der Waals surface area (Å²) >= 11 is 6.21. The van der Waals surface area contributed by atoms with E-state index in [1.165, 1.54) is 6.33 Å². The lowest BCUT2D eigenvalue weighted by atomic mass is 10.0. The summed E-state index contributed by atoms with van der Waals surface area (Å²) in [7, 11) is 0. The van der Waals surface area contributed by atoms with Crippen molar-refractivity contribution >= 4 is 22.6 Å². The first kappa shape index (κ1) is 18.3. The summed E-state index contributed by atoms with van der Waals surface area (Å²) in [6, 6.07) is 9.21. The Morgan fingerprint density at radius 1 is 1.03 bits per heavy atom. The van der Waals surface area contributed by atoms with Crippen LogP contribution in [0.15, 0.2) is 58.3 Å². The highest BCUT2D eigenvalue weighted by atomic mass is 35.5. The first-order chi connectivity index (χ1) is 14.5. The van der Waals surface area contributed by atoms with Gasteiger partial charge in [0.2, 0.25) is 0 Å². The van der Waals surface area contributed by atoms with Crippen molar-refractivity contribution in [3.8, 4) is 33.8 Å². The Labute approximate surface area is 175 Å². The smallest absolute Gasteiger partial charge is 0.200 e. The average molecular weight is 418 g/mol. The Morgan fingerprint density at radius 2 is 1.90 bits per heavy atom. The molecule has 0 aliphatic rings. The van der Waals surface area contributed by atoms with Crippen molar-refractivity contribution in [1.29, 1.82) is 0 Å². The summed E-state index contributed by atoms with van der Waals surface area (Å²) in [6.07, 6.45) is 4.78. The van der Waals surface area contributed by atoms with Crippen LogP contribution < -0.4 is 5.43 Å². The second-order valence-corrected chi connectivity index (χ2v) is 7.39. The van der Waals surface area contributed by atoms with Gasteiger partial charge in [0.1, 0.15) is 22.3 Å². The molecule has 5 rings (SSSR count). The van der Waals surface area contributed by atoms with Crippen molar-refractivity contribution in [3.63, 3.8) is 0 Å². The third kappa shape index (κ3) is 3.09. The lowest BCUT2D eigenvalue weighted by molar-refractivity contribution is 0.547. The Kier molecular flexibility index (Phi) is 4.25.